The van der Waals surface area contributed by atoms with Crippen LogP contribution in [0.15, 0.2) is 24.3 Å². The minimum absolute atomic E-state index is 0.303. The van der Waals surface area contributed by atoms with Crippen molar-refractivity contribution in [3.05, 3.63) is 34.9 Å². The average molecular weight is 242 g/mol. The third-order valence-corrected chi connectivity index (χ3v) is 3.55. The molecule has 0 aliphatic heterocycles. The SMILES string of the molecule is CP(C)(=O)CC(C#N)c1ccc(Cl)cc1. The Balaban J connectivity index is 2.90. The predicted molar refractivity (Wildman–Crippen MR) is 64.1 cm³/mol. The molecule has 1 aromatic carbocycles. The Morgan fingerprint density at radius 3 is 2.33 bits per heavy atom. The number of hydrogen-bond acceptors (Lipinski definition) is 2. The van der Waals surface area contributed by atoms with Crippen LogP contribution in [0, 0.1) is 11.3 Å². The van der Waals surface area contributed by atoms with E-state index in [-0.39, 0.29) is 5.92 Å². The van der Waals surface area contributed by atoms with E-state index in [1.165, 1.54) is 0 Å². The Bertz CT molecular complexity index is 415. The third-order valence-electron chi connectivity index (χ3n) is 2.05. The number of nitriles is 1. The molecular formula is C11H13ClNOP. The van der Waals surface area contributed by atoms with Crippen molar-refractivity contribution in [1.82, 2.24) is 0 Å². The fraction of sp³-hybridized carbons (Fsp3) is 0.364. The molecular weight excluding hydrogens is 229 g/mol. The largest absolute Gasteiger partial charge is 0.324 e. The molecule has 0 fully saturated rings. The van der Waals surface area contributed by atoms with Crippen LogP contribution < -0.4 is 0 Å². The maximum Gasteiger partial charge on any atom is 0.0835 e. The van der Waals surface area contributed by atoms with Crippen molar-refractivity contribution in [1.29, 1.82) is 5.26 Å². The van der Waals surface area contributed by atoms with Gasteiger partial charge in [0.25, 0.3) is 0 Å². The summed E-state index contributed by atoms with van der Waals surface area (Å²) in [6, 6.07) is 9.30. The van der Waals surface area contributed by atoms with Gasteiger partial charge >= 0.3 is 0 Å². The maximum atomic E-state index is 11.6. The molecule has 0 aromatic heterocycles. The number of nitrogens with zero attached hydrogens (tertiary/aromatic N) is 1. The van der Waals surface area contributed by atoms with Crippen LogP contribution in [0.4, 0.5) is 0 Å². The van der Waals surface area contributed by atoms with Gasteiger partial charge in [-0.15, -0.1) is 0 Å². The van der Waals surface area contributed by atoms with Gasteiger partial charge in [0.2, 0.25) is 0 Å². The van der Waals surface area contributed by atoms with Gasteiger partial charge in [-0.1, -0.05) is 23.7 Å². The Kier molecular flexibility index (Phi) is 3.97. The van der Waals surface area contributed by atoms with Gasteiger partial charge in [0, 0.05) is 11.2 Å². The van der Waals surface area contributed by atoms with E-state index in [1.807, 2.05) is 12.1 Å². The average Bonchev–Trinajstić information content (AvgIpc) is 2.14. The van der Waals surface area contributed by atoms with Crippen molar-refractivity contribution in [2.24, 2.45) is 0 Å². The molecule has 0 aliphatic carbocycles. The summed E-state index contributed by atoms with van der Waals surface area (Å²) in [6.07, 6.45) is 0.422. The van der Waals surface area contributed by atoms with Crippen LogP contribution in [-0.4, -0.2) is 19.5 Å². The highest BCUT2D eigenvalue weighted by Crippen LogP contribution is 2.40. The quantitative estimate of drug-likeness (QED) is 0.759. The molecule has 0 aliphatic rings. The summed E-state index contributed by atoms with van der Waals surface area (Å²) in [7, 11) is -2.17. The monoisotopic (exact) mass is 241 g/mol. The summed E-state index contributed by atoms with van der Waals surface area (Å²) in [4.78, 5) is 0. The second-order valence-corrected chi connectivity index (χ2v) is 7.94. The van der Waals surface area contributed by atoms with Gasteiger partial charge in [0.05, 0.1) is 19.1 Å². The molecule has 0 spiro atoms. The molecule has 1 unspecified atom stereocenters. The number of hydrogen-bond donors (Lipinski definition) is 0. The molecule has 1 rings (SSSR count). The van der Waals surface area contributed by atoms with Crippen molar-refractivity contribution >= 4 is 18.7 Å². The lowest BCUT2D eigenvalue weighted by Gasteiger charge is -2.12. The number of benzene rings is 1. The van der Waals surface area contributed by atoms with Gasteiger partial charge in [-0.2, -0.15) is 5.26 Å². The van der Waals surface area contributed by atoms with Crippen molar-refractivity contribution in [3.8, 4) is 6.07 Å². The Morgan fingerprint density at radius 2 is 1.93 bits per heavy atom. The second-order valence-electron chi connectivity index (χ2n) is 3.99. The summed E-state index contributed by atoms with van der Waals surface area (Å²) in [5.41, 5.74) is 0.880. The zero-order valence-corrected chi connectivity index (χ0v) is 10.4. The highest BCUT2D eigenvalue weighted by atomic mass is 35.5. The number of rotatable bonds is 3. The van der Waals surface area contributed by atoms with Crippen molar-refractivity contribution < 1.29 is 4.57 Å². The molecule has 1 atom stereocenters. The number of halogens is 1. The Labute approximate surface area is 95.2 Å². The molecule has 0 radical (unpaired) electrons. The maximum absolute atomic E-state index is 11.6. The minimum atomic E-state index is -2.17. The lowest BCUT2D eigenvalue weighted by atomic mass is 10.0. The summed E-state index contributed by atoms with van der Waals surface area (Å²) >= 11 is 5.75. The summed E-state index contributed by atoms with van der Waals surface area (Å²) in [5, 5.41) is 9.65. The van der Waals surface area contributed by atoms with E-state index in [9.17, 15) is 4.57 Å². The van der Waals surface area contributed by atoms with Crippen LogP contribution in [0.1, 0.15) is 11.5 Å². The molecule has 0 saturated carbocycles. The van der Waals surface area contributed by atoms with Gasteiger partial charge in [0.15, 0.2) is 0 Å². The lowest BCUT2D eigenvalue weighted by molar-refractivity contribution is 0.580. The van der Waals surface area contributed by atoms with E-state index >= 15 is 0 Å². The Morgan fingerprint density at radius 1 is 1.40 bits per heavy atom. The van der Waals surface area contributed by atoms with Crippen LogP contribution in [-0.2, 0) is 4.57 Å². The van der Waals surface area contributed by atoms with Crippen LogP contribution in [0.3, 0.4) is 0 Å². The lowest BCUT2D eigenvalue weighted by Crippen LogP contribution is -2.01. The molecule has 0 amide bonds. The van der Waals surface area contributed by atoms with E-state index in [2.05, 4.69) is 6.07 Å². The highest BCUT2D eigenvalue weighted by Gasteiger charge is 2.18. The van der Waals surface area contributed by atoms with Gasteiger partial charge in [-0.25, -0.2) is 0 Å². The normalized spacial score (nSPS) is 13.2. The molecule has 0 bridgehead atoms. The molecule has 2 nitrogen and oxygen atoms in total. The molecule has 4 heteroatoms. The zero-order valence-electron chi connectivity index (χ0n) is 8.77. The van der Waals surface area contributed by atoms with Crippen molar-refractivity contribution in [3.63, 3.8) is 0 Å². The van der Waals surface area contributed by atoms with E-state index in [1.54, 1.807) is 25.5 Å². The van der Waals surface area contributed by atoms with Gasteiger partial charge in [-0.3, -0.25) is 0 Å². The topological polar surface area (TPSA) is 40.9 Å². The fourth-order valence-electron chi connectivity index (χ4n) is 1.36. The van der Waals surface area contributed by atoms with Gasteiger partial charge in [0.1, 0.15) is 0 Å². The molecule has 15 heavy (non-hydrogen) atoms. The first-order valence-corrected chi connectivity index (χ1v) is 7.78. The first kappa shape index (κ1) is 12.3. The molecule has 0 heterocycles. The summed E-state index contributed by atoms with van der Waals surface area (Å²) < 4.78 is 11.6. The van der Waals surface area contributed by atoms with Crippen LogP contribution in [0.2, 0.25) is 5.02 Å². The zero-order chi connectivity index (χ0) is 11.5. The van der Waals surface area contributed by atoms with Gasteiger partial charge in [-0.05, 0) is 31.0 Å². The van der Waals surface area contributed by atoms with Crippen LogP contribution in [0.5, 0.6) is 0 Å². The highest BCUT2D eigenvalue weighted by molar-refractivity contribution is 7.62. The predicted octanol–water partition coefficient (Wildman–Crippen LogP) is 3.57. The third kappa shape index (κ3) is 4.08. The molecule has 0 N–H and O–H groups in total. The second kappa shape index (κ2) is 4.84. The van der Waals surface area contributed by atoms with Crippen molar-refractivity contribution in [2.75, 3.05) is 19.5 Å². The summed E-state index contributed by atoms with van der Waals surface area (Å²) in [5.74, 6) is -0.303. The Hall–Kier alpha value is -0.770. The van der Waals surface area contributed by atoms with Crippen molar-refractivity contribution in [2.45, 2.75) is 5.92 Å². The molecule has 80 valence electrons. The smallest absolute Gasteiger partial charge is 0.0835 e. The fourth-order valence-corrected chi connectivity index (χ4v) is 2.65. The minimum Gasteiger partial charge on any atom is -0.324 e. The molecule has 1 aromatic rings. The molecule has 0 saturated heterocycles. The van der Waals surface area contributed by atoms with E-state index in [0.29, 0.717) is 11.2 Å². The van der Waals surface area contributed by atoms with E-state index in [0.717, 1.165) is 5.56 Å². The van der Waals surface area contributed by atoms with Crippen LogP contribution in [0.25, 0.3) is 0 Å². The summed E-state index contributed by atoms with van der Waals surface area (Å²) in [6.45, 7) is 3.40. The van der Waals surface area contributed by atoms with Crippen LogP contribution >= 0.6 is 18.7 Å². The van der Waals surface area contributed by atoms with E-state index < -0.39 is 7.14 Å². The van der Waals surface area contributed by atoms with E-state index in [4.69, 9.17) is 16.9 Å². The van der Waals surface area contributed by atoms with Gasteiger partial charge < -0.3 is 4.57 Å². The first-order chi connectivity index (χ1) is 6.92. The standard InChI is InChI=1S/C11H13ClNOP/c1-15(2,14)8-10(7-13)9-3-5-11(12)6-4-9/h3-6,10H,8H2,1-2H3. The first-order valence-electron chi connectivity index (χ1n) is 4.61.